The Kier molecular flexibility index (Phi) is 2.25. The van der Waals surface area contributed by atoms with Crippen molar-refractivity contribution in [2.45, 2.75) is 58.0 Å². The van der Waals surface area contributed by atoms with Crippen LogP contribution in [0.2, 0.25) is 0 Å². The third-order valence-corrected chi connectivity index (χ3v) is 5.35. The van der Waals surface area contributed by atoms with Gasteiger partial charge in [0.1, 0.15) is 0 Å². The van der Waals surface area contributed by atoms with E-state index in [9.17, 15) is 5.11 Å². The van der Waals surface area contributed by atoms with E-state index in [0.29, 0.717) is 11.3 Å². The Morgan fingerprint density at radius 1 is 1.24 bits per heavy atom. The molecule has 0 unspecified atom stereocenters. The number of furan rings is 1. The predicted octanol–water partition coefficient (Wildman–Crippen LogP) is 3.80. The fourth-order valence-electron chi connectivity index (χ4n) is 4.40. The first-order valence-electron chi connectivity index (χ1n) is 6.70. The molecule has 1 N–H and O–H groups in total. The molecule has 0 aliphatic heterocycles. The predicted molar refractivity (Wildman–Crippen MR) is 66.8 cm³/mol. The van der Waals surface area contributed by atoms with Crippen LogP contribution >= 0.6 is 0 Å². The Balaban J connectivity index is 2.13. The van der Waals surface area contributed by atoms with Crippen molar-refractivity contribution < 1.29 is 9.52 Å². The molecule has 2 aliphatic carbocycles. The molecule has 2 aliphatic rings. The molecule has 0 aromatic carbocycles. The highest BCUT2D eigenvalue weighted by Gasteiger charge is 2.52. The number of aliphatic hydroxyl groups is 1. The molecule has 1 saturated carbocycles. The van der Waals surface area contributed by atoms with E-state index < -0.39 is 0 Å². The van der Waals surface area contributed by atoms with Crippen LogP contribution in [-0.4, -0.2) is 5.11 Å². The SMILES string of the molecule is CC1(C)CCC[C@@]2(C)c3cocc3[C@@H](O)C[C@@H]12. The van der Waals surface area contributed by atoms with Crippen LogP contribution < -0.4 is 0 Å². The summed E-state index contributed by atoms with van der Waals surface area (Å²) in [4.78, 5) is 0. The van der Waals surface area contributed by atoms with Crippen molar-refractivity contribution in [3.63, 3.8) is 0 Å². The number of aliphatic hydroxyl groups excluding tert-OH is 1. The van der Waals surface area contributed by atoms with Gasteiger partial charge >= 0.3 is 0 Å². The van der Waals surface area contributed by atoms with Crippen molar-refractivity contribution in [3.05, 3.63) is 23.7 Å². The summed E-state index contributed by atoms with van der Waals surface area (Å²) < 4.78 is 5.36. The monoisotopic (exact) mass is 234 g/mol. The van der Waals surface area contributed by atoms with Gasteiger partial charge < -0.3 is 9.52 Å². The molecule has 0 saturated heterocycles. The zero-order chi connectivity index (χ0) is 12.3. The average Bonchev–Trinajstić information content (AvgIpc) is 2.71. The first-order chi connectivity index (χ1) is 7.95. The van der Waals surface area contributed by atoms with Gasteiger partial charge in [-0.15, -0.1) is 0 Å². The highest BCUT2D eigenvalue weighted by molar-refractivity contribution is 5.36. The molecular formula is C15H22O2. The van der Waals surface area contributed by atoms with Crippen LogP contribution in [0.25, 0.3) is 0 Å². The van der Waals surface area contributed by atoms with E-state index in [1.807, 2.05) is 6.26 Å². The zero-order valence-electron chi connectivity index (χ0n) is 11.0. The Morgan fingerprint density at radius 3 is 2.76 bits per heavy atom. The van der Waals surface area contributed by atoms with Crippen molar-refractivity contribution in [2.24, 2.45) is 11.3 Å². The molecule has 2 nitrogen and oxygen atoms in total. The maximum Gasteiger partial charge on any atom is 0.0963 e. The largest absolute Gasteiger partial charge is 0.472 e. The van der Waals surface area contributed by atoms with Gasteiger partial charge in [-0.05, 0) is 36.0 Å². The number of rotatable bonds is 0. The minimum Gasteiger partial charge on any atom is -0.472 e. The summed E-state index contributed by atoms with van der Waals surface area (Å²) in [6.45, 7) is 7.07. The maximum absolute atomic E-state index is 10.3. The topological polar surface area (TPSA) is 33.4 Å². The molecule has 0 bridgehead atoms. The summed E-state index contributed by atoms with van der Waals surface area (Å²) in [5.74, 6) is 0.559. The average molecular weight is 234 g/mol. The van der Waals surface area contributed by atoms with Crippen LogP contribution in [0.15, 0.2) is 16.9 Å². The van der Waals surface area contributed by atoms with Gasteiger partial charge in [-0.25, -0.2) is 0 Å². The van der Waals surface area contributed by atoms with E-state index in [1.54, 1.807) is 6.26 Å². The quantitative estimate of drug-likeness (QED) is 0.740. The normalized spacial score (nSPS) is 39.5. The van der Waals surface area contributed by atoms with E-state index in [2.05, 4.69) is 20.8 Å². The van der Waals surface area contributed by atoms with Crippen molar-refractivity contribution in [1.29, 1.82) is 0 Å². The second-order valence-electron chi connectivity index (χ2n) is 6.80. The van der Waals surface area contributed by atoms with Gasteiger partial charge in [-0.1, -0.05) is 27.2 Å². The summed E-state index contributed by atoms with van der Waals surface area (Å²) in [5, 5.41) is 10.3. The highest BCUT2D eigenvalue weighted by atomic mass is 16.3. The molecule has 3 rings (SSSR count). The minimum absolute atomic E-state index is 0.198. The van der Waals surface area contributed by atoms with Crippen molar-refractivity contribution in [3.8, 4) is 0 Å². The fraction of sp³-hybridized carbons (Fsp3) is 0.733. The van der Waals surface area contributed by atoms with Crippen LogP contribution in [0, 0.1) is 11.3 Å². The molecule has 3 atom stereocenters. The molecular weight excluding hydrogens is 212 g/mol. The van der Waals surface area contributed by atoms with Crippen molar-refractivity contribution in [2.75, 3.05) is 0 Å². The lowest BCUT2D eigenvalue weighted by molar-refractivity contribution is -0.00614. The molecule has 0 radical (unpaired) electrons. The van der Waals surface area contributed by atoms with Gasteiger partial charge in [0.2, 0.25) is 0 Å². The number of hydrogen-bond acceptors (Lipinski definition) is 2. The fourth-order valence-corrected chi connectivity index (χ4v) is 4.40. The molecule has 1 aromatic rings. The van der Waals surface area contributed by atoms with Crippen LogP contribution in [-0.2, 0) is 5.41 Å². The summed E-state index contributed by atoms with van der Waals surface area (Å²) in [6, 6.07) is 0. The Labute approximate surface area is 103 Å². The molecule has 1 heterocycles. The lowest BCUT2D eigenvalue weighted by Gasteiger charge is -2.54. The standard InChI is InChI=1S/C15H22O2/c1-14(2)5-4-6-15(3)11-9-17-8-10(11)12(16)7-13(14)15/h8-9,12-13,16H,4-7H2,1-3H3/t12-,13-,15-/m0/s1. The molecule has 0 amide bonds. The Bertz CT molecular complexity index is 432. The Hall–Kier alpha value is -0.760. The second-order valence-corrected chi connectivity index (χ2v) is 6.80. The molecule has 1 aromatic heterocycles. The van der Waals surface area contributed by atoms with E-state index >= 15 is 0 Å². The molecule has 1 fully saturated rings. The zero-order valence-corrected chi connectivity index (χ0v) is 11.0. The van der Waals surface area contributed by atoms with Gasteiger partial charge in [0.15, 0.2) is 0 Å². The van der Waals surface area contributed by atoms with Crippen molar-refractivity contribution >= 4 is 0 Å². The molecule has 17 heavy (non-hydrogen) atoms. The van der Waals surface area contributed by atoms with E-state index in [1.165, 1.54) is 24.8 Å². The lowest BCUT2D eigenvalue weighted by atomic mass is 9.50. The van der Waals surface area contributed by atoms with Crippen LogP contribution in [0.4, 0.5) is 0 Å². The summed E-state index contributed by atoms with van der Waals surface area (Å²) >= 11 is 0. The number of fused-ring (bicyclic) bond motifs is 3. The van der Waals surface area contributed by atoms with Gasteiger partial charge in [0, 0.05) is 11.1 Å². The van der Waals surface area contributed by atoms with E-state index in [0.717, 1.165) is 12.0 Å². The first-order valence-corrected chi connectivity index (χ1v) is 6.70. The second kappa shape index (κ2) is 3.38. The smallest absolute Gasteiger partial charge is 0.0963 e. The lowest BCUT2D eigenvalue weighted by Crippen LogP contribution is -2.48. The Morgan fingerprint density at radius 2 is 2.00 bits per heavy atom. The van der Waals surface area contributed by atoms with Crippen LogP contribution in [0.5, 0.6) is 0 Å². The summed E-state index contributed by atoms with van der Waals surface area (Å²) in [7, 11) is 0. The summed E-state index contributed by atoms with van der Waals surface area (Å²) in [5.41, 5.74) is 2.81. The van der Waals surface area contributed by atoms with E-state index in [-0.39, 0.29) is 11.5 Å². The molecule has 2 heteroatoms. The van der Waals surface area contributed by atoms with Gasteiger partial charge in [-0.2, -0.15) is 0 Å². The van der Waals surface area contributed by atoms with E-state index in [4.69, 9.17) is 4.42 Å². The number of hydrogen-bond donors (Lipinski definition) is 1. The van der Waals surface area contributed by atoms with Gasteiger partial charge in [0.05, 0.1) is 18.6 Å². The summed E-state index contributed by atoms with van der Waals surface area (Å²) in [6.07, 6.45) is 7.93. The van der Waals surface area contributed by atoms with Gasteiger partial charge in [-0.3, -0.25) is 0 Å². The third kappa shape index (κ3) is 1.43. The highest BCUT2D eigenvalue weighted by Crippen LogP contribution is 2.59. The first kappa shape index (κ1) is 11.3. The van der Waals surface area contributed by atoms with Crippen LogP contribution in [0.3, 0.4) is 0 Å². The third-order valence-electron chi connectivity index (χ3n) is 5.35. The minimum atomic E-state index is -0.334. The maximum atomic E-state index is 10.3. The molecule has 0 spiro atoms. The molecule has 94 valence electrons. The van der Waals surface area contributed by atoms with Crippen LogP contribution in [0.1, 0.15) is 63.7 Å². The van der Waals surface area contributed by atoms with Gasteiger partial charge in [0.25, 0.3) is 0 Å². The van der Waals surface area contributed by atoms with Crippen molar-refractivity contribution in [1.82, 2.24) is 0 Å².